The number of aryl methyl sites for hydroxylation is 1. The molecule has 2 N–H and O–H groups in total. The number of hydrogen-bond acceptors (Lipinski definition) is 4. The summed E-state index contributed by atoms with van der Waals surface area (Å²) in [6.45, 7) is 6.90. The van der Waals surface area contributed by atoms with Crippen LogP contribution in [0.25, 0.3) is 0 Å². The molecule has 6 heteroatoms. The van der Waals surface area contributed by atoms with Crippen molar-refractivity contribution in [2.45, 2.75) is 38.2 Å². The number of ether oxygens (including phenoxy) is 1. The SMILES string of the molecule is Cc1cc(C(=O)OC(C)(C)C)cc(S(N)(=O)=O)c1. The van der Waals surface area contributed by atoms with Crippen molar-refractivity contribution >= 4 is 16.0 Å². The first-order valence-corrected chi connectivity index (χ1v) is 6.91. The van der Waals surface area contributed by atoms with E-state index in [4.69, 9.17) is 9.88 Å². The summed E-state index contributed by atoms with van der Waals surface area (Å²) in [6.07, 6.45) is 0. The Morgan fingerprint density at radius 1 is 1.22 bits per heavy atom. The van der Waals surface area contributed by atoms with Gasteiger partial charge in [0.1, 0.15) is 5.60 Å². The maximum atomic E-state index is 11.8. The Bertz CT molecular complexity index is 570. The van der Waals surface area contributed by atoms with Crippen molar-refractivity contribution in [1.82, 2.24) is 0 Å². The van der Waals surface area contributed by atoms with Gasteiger partial charge in [0.25, 0.3) is 0 Å². The number of rotatable bonds is 2. The third-order valence-electron chi connectivity index (χ3n) is 2.01. The molecule has 100 valence electrons. The molecular formula is C12H17NO4S. The van der Waals surface area contributed by atoms with Crippen LogP contribution in [0.3, 0.4) is 0 Å². The van der Waals surface area contributed by atoms with Crippen LogP contribution < -0.4 is 5.14 Å². The summed E-state index contributed by atoms with van der Waals surface area (Å²) >= 11 is 0. The quantitative estimate of drug-likeness (QED) is 0.828. The fourth-order valence-electron chi connectivity index (χ4n) is 1.37. The third-order valence-corrected chi connectivity index (χ3v) is 2.91. The number of hydrogen-bond donors (Lipinski definition) is 1. The molecule has 1 aromatic rings. The Morgan fingerprint density at radius 2 is 1.78 bits per heavy atom. The number of sulfonamides is 1. The van der Waals surface area contributed by atoms with Crippen molar-refractivity contribution in [2.24, 2.45) is 5.14 Å². The molecule has 0 aliphatic carbocycles. The lowest BCUT2D eigenvalue weighted by Crippen LogP contribution is -2.24. The van der Waals surface area contributed by atoms with Crippen LogP contribution in [0.4, 0.5) is 0 Å². The largest absolute Gasteiger partial charge is 0.456 e. The van der Waals surface area contributed by atoms with E-state index >= 15 is 0 Å². The van der Waals surface area contributed by atoms with Crippen LogP contribution in [0.5, 0.6) is 0 Å². The van der Waals surface area contributed by atoms with Crippen LogP contribution in [0.2, 0.25) is 0 Å². The molecule has 0 unspecified atom stereocenters. The summed E-state index contributed by atoms with van der Waals surface area (Å²) in [5.74, 6) is -0.573. The van der Waals surface area contributed by atoms with Gasteiger partial charge in [-0.3, -0.25) is 0 Å². The topological polar surface area (TPSA) is 86.5 Å². The number of carbonyl (C=O) groups is 1. The van der Waals surface area contributed by atoms with Gasteiger partial charge in [-0.05, 0) is 51.5 Å². The van der Waals surface area contributed by atoms with Gasteiger partial charge in [0.05, 0.1) is 10.5 Å². The minimum atomic E-state index is -3.83. The lowest BCUT2D eigenvalue weighted by molar-refractivity contribution is 0.00691. The van der Waals surface area contributed by atoms with E-state index in [0.717, 1.165) is 0 Å². The summed E-state index contributed by atoms with van der Waals surface area (Å²) in [6, 6.07) is 4.18. The molecule has 0 aliphatic heterocycles. The molecule has 18 heavy (non-hydrogen) atoms. The number of primary sulfonamides is 1. The standard InChI is InChI=1S/C12H17NO4S/c1-8-5-9(11(14)17-12(2,3)4)7-10(6-8)18(13,15)16/h5-7H,1-4H3,(H2,13,15,16). The number of esters is 1. The van der Waals surface area contributed by atoms with Gasteiger partial charge in [0.15, 0.2) is 0 Å². The van der Waals surface area contributed by atoms with E-state index in [0.29, 0.717) is 5.56 Å². The highest BCUT2D eigenvalue weighted by Gasteiger charge is 2.20. The molecule has 0 radical (unpaired) electrons. The maximum Gasteiger partial charge on any atom is 0.338 e. The highest BCUT2D eigenvalue weighted by atomic mass is 32.2. The summed E-state index contributed by atoms with van der Waals surface area (Å²) < 4.78 is 27.7. The van der Waals surface area contributed by atoms with Crippen LogP contribution in [0.1, 0.15) is 36.7 Å². The van der Waals surface area contributed by atoms with Crippen molar-refractivity contribution in [1.29, 1.82) is 0 Å². The van der Waals surface area contributed by atoms with Crippen molar-refractivity contribution in [3.63, 3.8) is 0 Å². The summed E-state index contributed by atoms with van der Waals surface area (Å²) in [5, 5.41) is 5.04. The molecular weight excluding hydrogens is 254 g/mol. The predicted molar refractivity (Wildman–Crippen MR) is 67.7 cm³/mol. The minimum absolute atomic E-state index is 0.0941. The van der Waals surface area contributed by atoms with E-state index in [2.05, 4.69) is 0 Å². The summed E-state index contributed by atoms with van der Waals surface area (Å²) in [7, 11) is -3.83. The predicted octanol–water partition coefficient (Wildman–Crippen LogP) is 1.60. The Hall–Kier alpha value is -1.40. The normalized spacial score (nSPS) is 12.3. The van der Waals surface area contributed by atoms with Crippen LogP contribution in [-0.2, 0) is 14.8 Å². The smallest absolute Gasteiger partial charge is 0.338 e. The monoisotopic (exact) mass is 271 g/mol. The van der Waals surface area contributed by atoms with E-state index in [-0.39, 0.29) is 10.5 Å². The fourth-order valence-corrected chi connectivity index (χ4v) is 2.01. The van der Waals surface area contributed by atoms with Gasteiger partial charge < -0.3 is 4.74 Å². The van der Waals surface area contributed by atoms with E-state index in [1.807, 2.05) is 0 Å². The zero-order valence-electron chi connectivity index (χ0n) is 10.9. The molecule has 1 rings (SSSR count). The first kappa shape index (κ1) is 14.7. The van der Waals surface area contributed by atoms with Gasteiger partial charge in [-0.25, -0.2) is 18.4 Å². The van der Waals surface area contributed by atoms with Crippen molar-refractivity contribution in [3.8, 4) is 0 Å². The molecule has 0 saturated heterocycles. The second-order valence-electron chi connectivity index (χ2n) is 5.08. The third kappa shape index (κ3) is 4.12. The fraction of sp³-hybridized carbons (Fsp3) is 0.417. The number of carbonyl (C=O) groups excluding carboxylic acids is 1. The minimum Gasteiger partial charge on any atom is -0.456 e. The molecule has 0 atom stereocenters. The second kappa shape index (κ2) is 4.70. The molecule has 5 nitrogen and oxygen atoms in total. The summed E-state index contributed by atoms with van der Waals surface area (Å²) in [5.41, 5.74) is 0.166. The van der Waals surface area contributed by atoms with Gasteiger partial charge in [-0.1, -0.05) is 0 Å². The molecule has 1 aromatic carbocycles. The van der Waals surface area contributed by atoms with Crippen LogP contribution in [0, 0.1) is 6.92 Å². The van der Waals surface area contributed by atoms with E-state index in [9.17, 15) is 13.2 Å². The zero-order valence-corrected chi connectivity index (χ0v) is 11.7. The van der Waals surface area contributed by atoms with E-state index in [1.54, 1.807) is 33.8 Å². The highest BCUT2D eigenvalue weighted by molar-refractivity contribution is 7.89. The molecule has 0 aromatic heterocycles. The Labute approximate surface area is 107 Å². The van der Waals surface area contributed by atoms with Crippen LogP contribution in [-0.4, -0.2) is 20.0 Å². The number of nitrogens with two attached hydrogens (primary N) is 1. The van der Waals surface area contributed by atoms with Gasteiger partial charge >= 0.3 is 5.97 Å². The lowest BCUT2D eigenvalue weighted by Gasteiger charge is -2.19. The zero-order chi connectivity index (χ0) is 14.1. The van der Waals surface area contributed by atoms with Crippen LogP contribution in [0.15, 0.2) is 23.1 Å². The van der Waals surface area contributed by atoms with E-state index < -0.39 is 21.6 Å². The van der Waals surface area contributed by atoms with E-state index in [1.165, 1.54) is 12.1 Å². The first-order chi connectivity index (χ1) is 7.99. The van der Waals surface area contributed by atoms with Gasteiger partial charge in [-0.15, -0.1) is 0 Å². The maximum absolute atomic E-state index is 11.8. The number of benzene rings is 1. The Kier molecular flexibility index (Phi) is 3.83. The molecule has 0 spiro atoms. The Balaban J connectivity index is 3.19. The second-order valence-corrected chi connectivity index (χ2v) is 6.64. The van der Waals surface area contributed by atoms with Gasteiger partial charge in [0, 0.05) is 0 Å². The summed E-state index contributed by atoms with van der Waals surface area (Å²) in [4.78, 5) is 11.7. The average molecular weight is 271 g/mol. The molecule has 0 fully saturated rings. The molecule has 0 amide bonds. The van der Waals surface area contributed by atoms with Crippen LogP contribution >= 0.6 is 0 Å². The van der Waals surface area contributed by atoms with Crippen molar-refractivity contribution in [2.75, 3.05) is 0 Å². The van der Waals surface area contributed by atoms with Crippen molar-refractivity contribution in [3.05, 3.63) is 29.3 Å². The Morgan fingerprint density at radius 3 is 2.22 bits per heavy atom. The van der Waals surface area contributed by atoms with Gasteiger partial charge in [-0.2, -0.15) is 0 Å². The lowest BCUT2D eigenvalue weighted by atomic mass is 10.1. The molecule has 0 heterocycles. The molecule has 0 aliphatic rings. The first-order valence-electron chi connectivity index (χ1n) is 5.37. The highest BCUT2D eigenvalue weighted by Crippen LogP contribution is 2.17. The van der Waals surface area contributed by atoms with Crippen molar-refractivity contribution < 1.29 is 17.9 Å². The van der Waals surface area contributed by atoms with Gasteiger partial charge in [0.2, 0.25) is 10.0 Å². The average Bonchev–Trinajstić information content (AvgIpc) is 2.12. The molecule has 0 saturated carbocycles. The molecule has 0 bridgehead atoms.